The fraction of sp³-hybridized carbons (Fsp3) is 0.914. The number of rotatable bonds is 15. The lowest BCUT2D eigenvalue weighted by molar-refractivity contribution is -0.213. The first-order valence-electron chi connectivity index (χ1n) is 17.6. The Kier molecular flexibility index (Phi) is 9.78. The zero-order valence-electron chi connectivity index (χ0n) is 29.1. The van der Waals surface area contributed by atoms with E-state index in [2.05, 4.69) is 20.8 Å². The van der Waals surface area contributed by atoms with Gasteiger partial charge in [-0.3, -0.25) is 14.4 Å². The van der Waals surface area contributed by atoms with E-state index in [0.29, 0.717) is 19.3 Å². The minimum Gasteiger partial charge on any atom is -0.436 e. The molecule has 3 heterocycles. The predicted octanol–water partition coefficient (Wildman–Crippen LogP) is 4.58. The summed E-state index contributed by atoms with van der Waals surface area (Å²) in [6, 6.07) is 0. The second-order valence-corrected chi connectivity index (χ2v) is 15.9. The third-order valence-corrected chi connectivity index (χ3v) is 11.4. The van der Waals surface area contributed by atoms with Crippen LogP contribution in [-0.2, 0) is 57.0 Å². The monoisotopic (exact) mass is 666 g/mol. The van der Waals surface area contributed by atoms with Crippen molar-refractivity contribution in [2.45, 2.75) is 160 Å². The fourth-order valence-corrected chi connectivity index (χ4v) is 7.54. The first-order valence-corrected chi connectivity index (χ1v) is 17.6. The maximum atomic E-state index is 12.9. The number of hydrogen-bond donors (Lipinski definition) is 0. The smallest absolute Gasteiger partial charge is 0.311 e. The van der Waals surface area contributed by atoms with Gasteiger partial charge in [-0.1, -0.05) is 6.92 Å². The number of carbonyl (C=O) groups excluding carboxylic acids is 3. The van der Waals surface area contributed by atoms with E-state index >= 15 is 0 Å². The lowest BCUT2D eigenvalue weighted by Crippen LogP contribution is -2.40. The van der Waals surface area contributed by atoms with Gasteiger partial charge in [0.2, 0.25) is 0 Å². The lowest BCUT2D eigenvalue weighted by atomic mass is 9.83. The number of ether oxygens (including phenoxy) is 9. The highest BCUT2D eigenvalue weighted by molar-refractivity contribution is 5.73. The molecule has 3 saturated carbocycles. The molecule has 0 aromatic heterocycles. The van der Waals surface area contributed by atoms with Gasteiger partial charge in [-0.25, -0.2) is 0 Å². The minimum absolute atomic E-state index is 0.0788. The molecule has 0 aromatic carbocycles. The summed E-state index contributed by atoms with van der Waals surface area (Å²) in [7, 11) is 0. The largest absolute Gasteiger partial charge is 0.436 e. The SMILES string of the molecule is CC(OCC(C)(COC(C)OC(=O)C1CCC2(C)OC2C1)COC(C)OC(=O)C1CCC2(C)OC2C1)OC(=O)C1CCC2(C)OC2C1. The molecule has 3 aliphatic carbocycles. The van der Waals surface area contributed by atoms with Crippen molar-refractivity contribution in [3.8, 4) is 0 Å². The second kappa shape index (κ2) is 13.1. The average molecular weight is 667 g/mol. The van der Waals surface area contributed by atoms with E-state index in [1.807, 2.05) is 6.92 Å². The zero-order valence-corrected chi connectivity index (χ0v) is 29.1. The molecule has 0 spiro atoms. The summed E-state index contributed by atoms with van der Waals surface area (Å²) in [6.07, 6.45) is 4.66. The zero-order chi connectivity index (χ0) is 33.8. The molecule has 12 nitrogen and oxygen atoms in total. The summed E-state index contributed by atoms with van der Waals surface area (Å²) < 4.78 is 52.2. The molecule has 0 bridgehead atoms. The van der Waals surface area contributed by atoms with Crippen molar-refractivity contribution in [2.75, 3.05) is 19.8 Å². The van der Waals surface area contributed by atoms with Crippen molar-refractivity contribution in [2.24, 2.45) is 23.2 Å². The van der Waals surface area contributed by atoms with E-state index in [1.165, 1.54) is 0 Å². The van der Waals surface area contributed by atoms with E-state index in [9.17, 15) is 14.4 Å². The van der Waals surface area contributed by atoms with Crippen LogP contribution in [0.15, 0.2) is 0 Å². The summed E-state index contributed by atoms with van der Waals surface area (Å²) >= 11 is 0. The van der Waals surface area contributed by atoms with Crippen LogP contribution in [0.2, 0.25) is 0 Å². The van der Waals surface area contributed by atoms with Gasteiger partial charge in [0, 0.05) is 5.41 Å². The van der Waals surface area contributed by atoms with Crippen molar-refractivity contribution in [1.82, 2.24) is 0 Å². The van der Waals surface area contributed by atoms with Crippen LogP contribution >= 0.6 is 0 Å². The Labute approximate surface area is 278 Å². The van der Waals surface area contributed by atoms with Crippen molar-refractivity contribution in [1.29, 1.82) is 0 Å². The molecule has 6 rings (SSSR count). The molecule has 6 fully saturated rings. The molecule has 0 aromatic rings. The molecule has 3 aliphatic heterocycles. The van der Waals surface area contributed by atoms with Gasteiger partial charge in [0.1, 0.15) is 0 Å². The molecule has 47 heavy (non-hydrogen) atoms. The third-order valence-electron chi connectivity index (χ3n) is 11.4. The minimum atomic E-state index is -0.802. The van der Waals surface area contributed by atoms with E-state index < -0.39 is 24.3 Å². The van der Waals surface area contributed by atoms with Crippen molar-refractivity contribution in [3.63, 3.8) is 0 Å². The average Bonchev–Trinajstić information content (AvgIpc) is 3.95. The van der Waals surface area contributed by atoms with E-state index in [0.717, 1.165) is 38.5 Å². The highest BCUT2D eigenvalue weighted by Gasteiger charge is 2.58. The maximum absolute atomic E-state index is 12.9. The summed E-state index contributed by atoms with van der Waals surface area (Å²) in [6.45, 7) is 13.5. The molecule has 12 unspecified atom stereocenters. The van der Waals surface area contributed by atoms with Crippen LogP contribution in [-0.4, -0.2) is 91.7 Å². The third kappa shape index (κ3) is 8.32. The molecule has 0 amide bonds. The maximum Gasteiger partial charge on any atom is 0.311 e. The second-order valence-electron chi connectivity index (χ2n) is 15.9. The van der Waals surface area contributed by atoms with E-state index in [1.54, 1.807) is 20.8 Å². The first-order chi connectivity index (χ1) is 22.1. The van der Waals surface area contributed by atoms with Gasteiger partial charge in [-0.2, -0.15) is 0 Å². The molecule has 12 heteroatoms. The Morgan fingerprint density at radius 3 is 1.13 bits per heavy atom. The van der Waals surface area contributed by atoms with Gasteiger partial charge >= 0.3 is 17.9 Å². The summed E-state index contributed by atoms with van der Waals surface area (Å²) in [4.78, 5) is 38.6. The highest BCUT2D eigenvalue weighted by atomic mass is 16.7. The molecule has 0 radical (unpaired) electrons. The van der Waals surface area contributed by atoms with Gasteiger partial charge < -0.3 is 42.6 Å². The molecular formula is C35H54O12. The fourth-order valence-electron chi connectivity index (χ4n) is 7.54. The molecular weight excluding hydrogens is 612 g/mol. The van der Waals surface area contributed by atoms with Crippen molar-refractivity contribution < 1.29 is 57.0 Å². The van der Waals surface area contributed by atoms with Crippen LogP contribution in [0.3, 0.4) is 0 Å². The van der Waals surface area contributed by atoms with Crippen molar-refractivity contribution in [3.05, 3.63) is 0 Å². The normalized spacial score (nSPS) is 41.4. The molecule has 12 atom stereocenters. The highest BCUT2D eigenvalue weighted by Crippen LogP contribution is 2.51. The quantitative estimate of drug-likeness (QED) is 0.104. The Hall–Kier alpha value is -1.83. The van der Waals surface area contributed by atoms with Crippen molar-refractivity contribution >= 4 is 17.9 Å². The Morgan fingerprint density at radius 1 is 0.596 bits per heavy atom. The number of hydrogen-bond acceptors (Lipinski definition) is 12. The van der Waals surface area contributed by atoms with Gasteiger partial charge in [0.05, 0.1) is 72.7 Å². The predicted molar refractivity (Wildman–Crippen MR) is 164 cm³/mol. The lowest BCUT2D eigenvalue weighted by Gasteiger charge is -2.33. The Bertz CT molecular complexity index is 1050. The Balaban J connectivity index is 0.981. The molecule has 266 valence electrons. The summed E-state index contributed by atoms with van der Waals surface area (Å²) in [5.41, 5.74) is -1.00. The topological polar surface area (TPSA) is 144 Å². The summed E-state index contributed by atoms with van der Waals surface area (Å²) in [5.74, 6) is -1.49. The number of carbonyl (C=O) groups is 3. The van der Waals surface area contributed by atoms with E-state index in [4.69, 9.17) is 42.6 Å². The van der Waals surface area contributed by atoms with Crippen LogP contribution in [0, 0.1) is 23.2 Å². The van der Waals surface area contributed by atoms with Crippen LogP contribution < -0.4 is 0 Å². The number of esters is 3. The van der Waals surface area contributed by atoms with Crippen LogP contribution in [0.4, 0.5) is 0 Å². The molecule has 3 saturated heterocycles. The van der Waals surface area contributed by atoms with Crippen LogP contribution in [0.5, 0.6) is 0 Å². The van der Waals surface area contributed by atoms with Crippen LogP contribution in [0.25, 0.3) is 0 Å². The standard InChI is InChI=1S/C35H54O12/c1-20(42-29(36)23-8-11-33(5)26(14-23)45-33)39-17-32(4,18-40-21(2)43-30(37)24-9-12-34(6)27(15-24)46-34)19-41-22(3)44-31(38)25-10-13-35(7)28(16-25)47-35/h20-28H,8-19H2,1-7H3. The van der Waals surface area contributed by atoms with Crippen LogP contribution in [0.1, 0.15) is 106 Å². The summed E-state index contributed by atoms with van der Waals surface area (Å²) in [5, 5.41) is 0. The van der Waals surface area contributed by atoms with Gasteiger partial charge in [-0.05, 0) is 99.3 Å². The van der Waals surface area contributed by atoms with E-state index in [-0.39, 0.29) is 90.6 Å². The number of epoxide rings is 3. The van der Waals surface area contributed by atoms with Gasteiger partial charge in [0.15, 0.2) is 18.9 Å². The van der Waals surface area contributed by atoms with Gasteiger partial charge in [0.25, 0.3) is 0 Å². The first kappa shape index (κ1) is 35.0. The number of fused-ring (bicyclic) bond motifs is 3. The molecule has 0 N–H and O–H groups in total. The Morgan fingerprint density at radius 2 is 0.872 bits per heavy atom. The molecule has 6 aliphatic rings. The van der Waals surface area contributed by atoms with Gasteiger partial charge in [-0.15, -0.1) is 0 Å².